The van der Waals surface area contributed by atoms with Crippen LogP contribution in [0.15, 0.2) is 77.2 Å². The van der Waals surface area contributed by atoms with E-state index < -0.39 is 0 Å². The molecule has 0 aliphatic carbocycles. The number of carbonyl (C=O) groups excluding carboxylic acids is 1. The molecule has 0 fully saturated rings. The molecule has 0 saturated heterocycles. The lowest BCUT2D eigenvalue weighted by atomic mass is 10.2. The number of amides is 1. The van der Waals surface area contributed by atoms with E-state index in [1.54, 1.807) is 28.7 Å². The molecule has 5 nitrogen and oxygen atoms in total. The van der Waals surface area contributed by atoms with Crippen LogP contribution in [0.2, 0.25) is 0 Å². The molecular formula is C22H23N3O2S. The number of allylic oxidation sites excluding steroid dienone is 1. The zero-order valence-electron chi connectivity index (χ0n) is 16.0. The standard InChI is InChI=1S/C22H23N3O2S/c1-4-14-25-21(27)18-12-8-9-13-19(18)23-22(25)28-16(2)20(26)24(3)15-17-10-6-5-7-11-17/h4-13,16H,1,14-15H2,2-3H3/t16-/m1/s1. The first-order chi connectivity index (χ1) is 13.5. The van der Waals surface area contributed by atoms with Crippen molar-refractivity contribution in [3.8, 4) is 0 Å². The van der Waals surface area contributed by atoms with Crippen molar-refractivity contribution in [2.75, 3.05) is 7.05 Å². The van der Waals surface area contributed by atoms with E-state index >= 15 is 0 Å². The van der Waals surface area contributed by atoms with Gasteiger partial charge in [0, 0.05) is 20.1 Å². The Balaban J connectivity index is 1.84. The summed E-state index contributed by atoms with van der Waals surface area (Å²) in [4.78, 5) is 32.0. The van der Waals surface area contributed by atoms with E-state index in [4.69, 9.17) is 0 Å². The van der Waals surface area contributed by atoms with Gasteiger partial charge in [-0.05, 0) is 24.6 Å². The van der Waals surface area contributed by atoms with E-state index in [1.165, 1.54) is 11.8 Å². The van der Waals surface area contributed by atoms with Crippen LogP contribution >= 0.6 is 11.8 Å². The van der Waals surface area contributed by atoms with Crippen LogP contribution in [0, 0.1) is 0 Å². The van der Waals surface area contributed by atoms with Gasteiger partial charge in [0.2, 0.25) is 5.91 Å². The number of fused-ring (bicyclic) bond motifs is 1. The third-order valence-electron chi connectivity index (χ3n) is 4.41. The van der Waals surface area contributed by atoms with E-state index in [9.17, 15) is 9.59 Å². The molecule has 0 aliphatic rings. The first-order valence-electron chi connectivity index (χ1n) is 9.07. The van der Waals surface area contributed by atoms with Gasteiger partial charge in [-0.15, -0.1) is 6.58 Å². The third-order valence-corrected chi connectivity index (χ3v) is 5.48. The largest absolute Gasteiger partial charge is 0.340 e. The topological polar surface area (TPSA) is 55.2 Å². The lowest BCUT2D eigenvalue weighted by molar-refractivity contribution is -0.129. The molecular weight excluding hydrogens is 370 g/mol. The van der Waals surface area contributed by atoms with E-state index in [-0.39, 0.29) is 16.7 Å². The van der Waals surface area contributed by atoms with Gasteiger partial charge in [-0.25, -0.2) is 4.98 Å². The molecule has 144 valence electrons. The van der Waals surface area contributed by atoms with Crippen LogP contribution in [0.5, 0.6) is 0 Å². The molecule has 0 unspecified atom stereocenters. The lowest BCUT2D eigenvalue weighted by Gasteiger charge is -2.22. The SMILES string of the molecule is C=CCn1c(S[C@H](C)C(=O)N(C)Cc2ccccc2)nc2ccccc2c1=O. The molecule has 28 heavy (non-hydrogen) atoms. The highest BCUT2D eigenvalue weighted by Crippen LogP contribution is 2.24. The molecule has 0 spiro atoms. The zero-order chi connectivity index (χ0) is 20.1. The van der Waals surface area contributed by atoms with Crippen molar-refractivity contribution in [1.82, 2.24) is 14.5 Å². The Morgan fingerprint density at radius 1 is 1.21 bits per heavy atom. The molecule has 0 bridgehead atoms. The number of thioether (sulfide) groups is 1. The van der Waals surface area contributed by atoms with Gasteiger partial charge < -0.3 is 4.90 Å². The summed E-state index contributed by atoms with van der Waals surface area (Å²) < 4.78 is 1.57. The summed E-state index contributed by atoms with van der Waals surface area (Å²) in [6.07, 6.45) is 1.66. The fourth-order valence-electron chi connectivity index (χ4n) is 2.98. The number of hydrogen-bond donors (Lipinski definition) is 0. The first-order valence-corrected chi connectivity index (χ1v) is 9.95. The minimum absolute atomic E-state index is 0.0126. The van der Waals surface area contributed by atoms with Crippen molar-refractivity contribution in [1.29, 1.82) is 0 Å². The van der Waals surface area contributed by atoms with Gasteiger partial charge >= 0.3 is 0 Å². The Morgan fingerprint density at radius 3 is 2.61 bits per heavy atom. The monoisotopic (exact) mass is 393 g/mol. The Labute approximate surface area is 168 Å². The van der Waals surface area contributed by atoms with Gasteiger partial charge in [-0.3, -0.25) is 14.2 Å². The van der Waals surface area contributed by atoms with Gasteiger partial charge in [0.1, 0.15) is 0 Å². The predicted octanol–water partition coefficient (Wildman–Crippen LogP) is 3.72. The molecule has 0 saturated carbocycles. The molecule has 6 heteroatoms. The normalized spacial score (nSPS) is 11.9. The van der Waals surface area contributed by atoms with Gasteiger partial charge in [0.25, 0.3) is 5.56 Å². The minimum atomic E-state index is -0.377. The fourth-order valence-corrected chi connectivity index (χ4v) is 4.01. The summed E-state index contributed by atoms with van der Waals surface area (Å²) in [7, 11) is 1.79. The second-order valence-electron chi connectivity index (χ2n) is 6.56. The van der Waals surface area contributed by atoms with Crippen LogP contribution in [0.3, 0.4) is 0 Å². The Bertz CT molecular complexity index is 1050. The molecule has 0 N–H and O–H groups in total. The molecule has 3 rings (SSSR count). The van der Waals surface area contributed by atoms with Gasteiger partial charge in [0.15, 0.2) is 5.16 Å². The molecule has 3 aromatic rings. The summed E-state index contributed by atoms with van der Waals surface area (Å²) in [6, 6.07) is 17.1. The van der Waals surface area contributed by atoms with Gasteiger partial charge in [-0.2, -0.15) is 0 Å². The smallest absolute Gasteiger partial charge is 0.262 e. The zero-order valence-corrected chi connectivity index (χ0v) is 16.9. The summed E-state index contributed by atoms with van der Waals surface area (Å²) >= 11 is 1.30. The van der Waals surface area contributed by atoms with Crippen molar-refractivity contribution in [3.05, 3.63) is 83.2 Å². The molecule has 1 amide bonds. The van der Waals surface area contributed by atoms with E-state index in [0.717, 1.165) is 5.56 Å². The molecule has 2 aromatic carbocycles. The van der Waals surface area contributed by atoms with E-state index in [1.807, 2.05) is 55.5 Å². The number of rotatable bonds is 7. The van der Waals surface area contributed by atoms with Crippen LogP contribution in [-0.2, 0) is 17.9 Å². The van der Waals surface area contributed by atoms with Crippen LogP contribution in [-0.4, -0.2) is 32.7 Å². The quantitative estimate of drug-likeness (QED) is 0.349. The maximum atomic E-state index is 12.8. The highest BCUT2D eigenvalue weighted by Gasteiger charge is 2.22. The maximum absolute atomic E-state index is 12.8. The number of benzene rings is 2. The summed E-state index contributed by atoms with van der Waals surface area (Å²) in [5.41, 5.74) is 1.58. The number of carbonyl (C=O) groups is 1. The maximum Gasteiger partial charge on any atom is 0.262 e. The van der Waals surface area contributed by atoms with E-state index in [0.29, 0.717) is 29.1 Å². The van der Waals surface area contributed by atoms with Crippen molar-refractivity contribution in [2.45, 2.75) is 30.4 Å². The van der Waals surface area contributed by atoms with Crippen LogP contribution in [0.4, 0.5) is 0 Å². The highest BCUT2D eigenvalue weighted by atomic mass is 32.2. The Morgan fingerprint density at radius 2 is 1.89 bits per heavy atom. The average molecular weight is 394 g/mol. The number of nitrogens with zero attached hydrogens (tertiary/aromatic N) is 3. The van der Waals surface area contributed by atoms with Crippen molar-refractivity contribution in [3.63, 3.8) is 0 Å². The average Bonchev–Trinajstić information content (AvgIpc) is 2.71. The van der Waals surface area contributed by atoms with Crippen molar-refractivity contribution < 1.29 is 4.79 Å². The first kappa shape index (κ1) is 19.9. The van der Waals surface area contributed by atoms with Gasteiger partial charge in [0.05, 0.1) is 16.2 Å². The molecule has 1 heterocycles. The number of hydrogen-bond acceptors (Lipinski definition) is 4. The predicted molar refractivity (Wildman–Crippen MR) is 114 cm³/mol. The fraction of sp³-hybridized carbons (Fsp3) is 0.227. The number of aromatic nitrogens is 2. The lowest BCUT2D eigenvalue weighted by Crippen LogP contribution is -2.33. The molecule has 1 aromatic heterocycles. The summed E-state index contributed by atoms with van der Waals surface area (Å²) in [5, 5.41) is 0.712. The van der Waals surface area contributed by atoms with E-state index in [2.05, 4.69) is 11.6 Å². The minimum Gasteiger partial charge on any atom is -0.340 e. The molecule has 0 aliphatic heterocycles. The summed E-state index contributed by atoms with van der Waals surface area (Å²) in [6.45, 7) is 6.46. The van der Waals surface area contributed by atoms with Gasteiger partial charge in [-0.1, -0.05) is 60.3 Å². The second kappa shape index (κ2) is 8.89. The van der Waals surface area contributed by atoms with Crippen molar-refractivity contribution >= 4 is 28.6 Å². The Kier molecular flexibility index (Phi) is 6.31. The van der Waals surface area contributed by atoms with Crippen molar-refractivity contribution in [2.24, 2.45) is 0 Å². The number of para-hydroxylation sites is 1. The second-order valence-corrected chi connectivity index (χ2v) is 7.86. The Hall–Kier alpha value is -2.86. The molecule has 0 radical (unpaired) electrons. The molecule has 1 atom stereocenters. The van der Waals surface area contributed by atoms with Crippen LogP contribution in [0.1, 0.15) is 12.5 Å². The highest BCUT2D eigenvalue weighted by molar-refractivity contribution is 8.00. The summed E-state index contributed by atoms with van der Waals surface area (Å²) in [5.74, 6) is -0.0126. The third kappa shape index (κ3) is 4.34. The van der Waals surface area contributed by atoms with Crippen LogP contribution < -0.4 is 5.56 Å². The van der Waals surface area contributed by atoms with Crippen LogP contribution in [0.25, 0.3) is 10.9 Å².